The van der Waals surface area contributed by atoms with Crippen LogP contribution in [0, 0.1) is 29.8 Å². The largest absolute Gasteiger partial charge is 0.458 e. The standard InChI is InChI=1S/C40H57NO10/c1-12-32(49-39-36(31(41(9)10)23-27(6)48-39)51-38(45)30-20-16-15-17-21-30)28(7)35(43)29(8)37(44)50-33(13-2)40(46,14-3)24-26(5)34(42)25(4)19-18-22-47-11/h14-17,20-21,24-25,27-29,31-33,36,39,46H,3,12-13,19,23H2,1-2,4-11H3/b26-24+/t25-,27?,28?,29?,31?,32+,33?,36?,39?,40+/m1/s1. The molecule has 2 rings (SSSR count). The summed E-state index contributed by atoms with van der Waals surface area (Å²) in [5, 5.41) is 11.5. The van der Waals surface area contributed by atoms with Crippen LogP contribution in [0.3, 0.4) is 0 Å². The van der Waals surface area contributed by atoms with Crippen molar-refractivity contribution in [2.45, 2.75) is 116 Å². The molecular formula is C40H57NO10. The Morgan fingerprint density at radius 2 is 1.76 bits per heavy atom. The van der Waals surface area contributed by atoms with Crippen LogP contribution in [0.2, 0.25) is 0 Å². The van der Waals surface area contributed by atoms with Crippen LogP contribution in [0.5, 0.6) is 0 Å². The number of allylic oxidation sites excluding steroid dienone is 1. The van der Waals surface area contributed by atoms with Gasteiger partial charge in [-0.05, 0) is 77.9 Å². The maximum absolute atomic E-state index is 13.8. The van der Waals surface area contributed by atoms with Crippen LogP contribution in [0.25, 0.3) is 0 Å². The summed E-state index contributed by atoms with van der Waals surface area (Å²) in [6, 6.07) is 8.43. The Bertz CT molecular complexity index is 1430. The fourth-order valence-corrected chi connectivity index (χ4v) is 6.16. The average Bonchev–Trinajstić information content (AvgIpc) is 3.12. The lowest BCUT2D eigenvalue weighted by Crippen LogP contribution is -2.57. The van der Waals surface area contributed by atoms with Gasteiger partial charge in [0.05, 0.1) is 30.9 Å². The Balaban J connectivity index is 2.23. The third-order valence-electron chi connectivity index (χ3n) is 9.34. The summed E-state index contributed by atoms with van der Waals surface area (Å²) in [7, 11) is 5.22. The first-order valence-corrected chi connectivity index (χ1v) is 17.6. The Morgan fingerprint density at radius 3 is 2.31 bits per heavy atom. The van der Waals surface area contributed by atoms with E-state index >= 15 is 0 Å². The Labute approximate surface area is 303 Å². The molecule has 0 amide bonds. The number of hydrogen-bond donors (Lipinski definition) is 1. The van der Waals surface area contributed by atoms with Gasteiger partial charge in [0.15, 0.2) is 24.0 Å². The number of ether oxygens (including phenoxy) is 5. The molecule has 10 atom stereocenters. The molecule has 0 saturated carbocycles. The molecule has 282 valence electrons. The molecule has 1 aromatic carbocycles. The van der Waals surface area contributed by atoms with Crippen LogP contribution in [0.4, 0.5) is 0 Å². The van der Waals surface area contributed by atoms with E-state index in [2.05, 4.69) is 18.6 Å². The molecule has 1 saturated heterocycles. The van der Waals surface area contributed by atoms with Crippen molar-refractivity contribution in [1.82, 2.24) is 4.90 Å². The van der Waals surface area contributed by atoms with Crippen molar-refractivity contribution in [2.75, 3.05) is 21.2 Å². The highest BCUT2D eigenvalue weighted by molar-refractivity contribution is 6.00. The molecule has 1 heterocycles. The predicted molar refractivity (Wildman–Crippen MR) is 193 cm³/mol. The van der Waals surface area contributed by atoms with Gasteiger partial charge in [0.25, 0.3) is 0 Å². The summed E-state index contributed by atoms with van der Waals surface area (Å²) in [6.07, 6.45) is 2.61. The zero-order valence-electron chi connectivity index (χ0n) is 31.8. The molecule has 0 radical (unpaired) electrons. The van der Waals surface area contributed by atoms with Gasteiger partial charge < -0.3 is 33.7 Å². The number of nitrogens with zero attached hydrogens (tertiary/aromatic N) is 1. The molecule has 1 aromatic rings. The first-order chi connectivity index (χ1) is 24.0. The molecule has 1 aliphatic heterocycles. The average molecular weight is 712 g/mol. The number of methoxy groups -OCH3 is 1. The van der Waals surface area contributed by atoms with E-state index in [4.69, 9.17) is 23.7 Å². The number of aliphatic hydroxyl groups is 1. The zero-order valence-corrected chi connectivity index (χ0v) is 31.8. The molecule has 1 aliphatic rings. The first kappa shape index (κ1) is 43.3. The molecule has 1 N–H and O–H groups in total. The number of hydrogen-bond acceptors (Lipinski definition) is 11. The lowest BCUT2D eigenvalue weighted by molar-refractivity contribution is -0.271. The highest BCUT2D eigenvalue weighted by Gasteiger charge is 2.45. The fraction of sp³-hybridized carbons (Fsp3) is 0.600. The van der Waals surface area contributed by atoms with Gasteiger partial charge in [-0.25, -0.2) is 4.79 Å². The van der Waals surface area contributed by atoms with Crippen molar-refractivity contribution in [2.24, 2.45) is 17.8 Å². The third kappa shape index (κ3) is 11.9. The SMILES string of the molecule is C=C[C@](O)(/C=C(\C)C(=O)[C@H](C)CC#COC)C(CC)OC(=O)C(C)C(=O)C(C)[C@H](CC)OC1OC(C)CC(N(C)C)C1OC(=O)c1ccccc1. The van der Waals surface area contributed by atoms with E-state index in [0.29, 0.717) is 18.4 Å². The fourth-order valence-electron chi connectivity index (χ4n) is 6.16. The van der Waals surface area contributed by atoms with E-state index in [1.54, 1.807) is 52.0 Å². The summed E-state index contributed by atoms with van der Waals surface area (Å²) in [6.45, 7) is 15.6. The van der Waals surface area contributed by atoms with Crippen molar-refractivity contribution >= 4 is 23.5 Å². The Kier molecular flexibility index (Phi) is 17.2. The monoisotopic (exact) mass is 711 g/mol. The normalized spacial score (nSPS) is 23.3. The number of rotatable bonds is 18. The van der Waals surface area contributed by atoms with Crippen LogP contribution in [-0.2, 0) is 38.1 Å². The summed E-state index contributed by atoms with van der Waals surface area (Å²) >= 11 is 0. The van der Waals surface area contributed by atoms with Crippen LogP contribution in [0.15, 0.2) is 54.6 Å². The number of benzene rings is 1. The molecule has 1 fully saturated rings. The summed E-state index contributed by atoms with van der Waals surface area (Å²) in [4.78, 5) is 55.3. The van der Waals surface area contributed by atoms with Gasteiger partial charge in [-0.1, -0.05) is 64.5 Å². The molecule has 7 unspecified atom stereocenters. The number of esters is 2. The second-order valence-corrected chi connectivity index (χ2v) is 13.5. The van der Waals surface area contributed by atoms with Crippen LogP contribution in [-0.4, -0.2) is 97.1 Å². The first-order valence-electron chi connectivity index (χ1n) is 17.6. The molecule has 0 bridgehead atoms. The summed E-state index contributed by atoms with van der Waals surface area (Å²) in [5.74, 6) is -1.71. The van der Waals surface area contributed by atoms with Crippen molar-refractivity contribution < 1.29 is 48.0 Å². The maximum Gasteiger partial charge on any atom is 0.338 e. The Morgan fingerprint density at radius 1 is 1.12 bits per heavy atom. The van der Waals surface area contributed by atoms with E-state index in [1.165, 1.54) is 26.2 Å². The van der Waals surface area contributed by atoms with Crippen LogP contribution >= 0.6 is 0 Å². The van der Waals surface area contributed by atoms with Gasteiger partial charge >= 0.3 is 11.9 Å². The molecule has 11 heteroatoms. The molecule has 0 spiro atoms. The van der Waals surface area contributed by atoms with E-state index in [-0.39, 0.29) is 36.3 Å². The second-order valence-electron chi connectivity index (χ2n) is 13.5. The highest BCUT2D eigenvalue weighted by Crippen LogP contribution is 2.31. The number of likely N-dealkylation sites (N-methyl/N-ethyl adjacent to an activating group) is 1. The van der Waals surface area contributed by atoms with Gasteiger partial charge in [-0.15, -0.1) is 0 Å². The van der Waals surface area contributed by atoms with Gasteiger partial charge in [-0.3, -0.25) is 14.4 Å². The van der Waals surface area contributed by atoms with E-state index in [0.717, 1.165) is 0 Å². The van der Waals surface area contributed by atoms with Gasteiger partial charge in [-0.2, -0.15) is 0 Å². The summed E-state index contributed by atoms with van der Waals surface area (Å²) in [5.41, 5.74) is -1.23. The van der Waals surface area contributed by atoms with Gasteiger partial charge in [0, 0.05) is 18.3 Å². The third-order valence-corrected chi connectivity index (χ3v) is 9.34. The molecular weight excluding hydrogens is 654 g/mol. The zero-order chi connectivity index (χ0) is 38.5. The lowest BCUT2D eigenvalue weighted by atomic mass is 9.88. The quantitative estimate of drug-likeness (QED) is 0.0698. The van der Waals surface area contributed by atoms with Crippen LogP contribution < -0.4 is 0 Å². The smallest absolute Gasteiger partial charge is 0.338 e. The molecule has 0 aliphatic carbocycles. The number of ketones is 2. The van der Waals surface area contributed by atoms with E-state index in [9.17, 15) is 24.3 Å². The van der Waals surface area contributed by atoms with Crippen molar-refractivity contribution in [3.05, 3.63) is 60.2 Å². The van der Waals surface area contributed by atoms with Crippen molar-refractivity contribution in [1.29, 1.82) is 0 Å². The second kappa shape index (κ2) is 20.3. The minimum atomic E-state index is -1.88. The maximum atomic E-state index is 13.8. The summed E-state index contributed by atoms with van der Waals surface area (Å²) < 4.78 is 29.1. The predicted octanol–water partition coefficient (Wildman–Crippen LogP) is 5.30. The van der Waals surface area contributed by atoms with Gasteiger partial charge in [0.1, 0.15) is 23.7 Å². The highest BCUT2D eigenvalue weighted by atomic mass is 16.7. The minimum absolute atomic E-state index is 0.172. The van der Waals surface area contributed by atoms with Gasteiger partial charge in [0.2, 0.25) is 0 Å². The number of Topliss-reactive ketones (excluding diaryl/α,β-unsaturated/α-hetero) is 2. The minimum Gasteiger partial charge on any atom is -0.458 e. The molecule has 0 aromatic heterocycles. The van der Waals surface area contributed by atoms with Crippen molar-refractivity contribution in [3.8, 4) is 12.0 Å². The lowest BCUT2D eigenvalue weighted by Gasteiger charge is -2.44. The number of carbonyl (C=O) groups is 4. The Hall–Kier alpha value is -3.82. The van der Waals surface area contributed by atoms with Crippen molar-refractivity contribution in [3.63, 3.8) is 0 Å². The van der Waals surface area contributed by atoms with E-state index < -0.39 is 65.7 Å². The van der Waals surface area contributed by atoms with Crippen LogP contribution in [0.1, 0.15) is 84.5 Å². The number of carbonyl (C=O) groups excluding carboxylic acids is 4. The topological polar surface area (TPSA) is 138 Å². The molecule has 11 nitrogen and oxygen atoms in total. The van der Waals surface area contributed by atoms with E-state index in [1.807, 2.05) is 38.9 Å². The molecule has 51 heavy (non-hydrogen) atoms.